The first-order valence-electron chi connectivity index (χ1n) is 10.4. The molecule has 28 heavy (non-hydrogen) atoms. The summed E-state index contributed by atoms with van der Waals surface area (Å²) in [6, 6.07) is 0.251. The molecule has 0 amide bonds. The van der Waals surface area contributed by atoms with Gasteiger partial charge in [-0.05, 0) is 50.4 Å². The second kappa shape index (κ2) is 6.26. The largest absolute Gasteiger partial charge is 0.481 e. The fraction of sp³-hybridized carbons (Fsp3) is 0.750. The lowest BCUT2D eigenvalue weighted by Crippen LogP contribution is -2.39. The van der Waals surface area contributed by atoms with Gasteiger partial charge >= 0.3 is 5.97 Å². The molecule has 4 atom stereocenters. The molecule has 5 rings (SSSR count). The van der Waals surface area contributed by atoms with Crippen molar-refractivity contribution in [2.45, 2.75) is 57.4 Å². The molecule has 1 unspecified atom stereocenters. The van der Waals surface area contributed by atoms with Gasteiger partial charge < -0.3 is 14.9 Å². The number of rotatable bonds is 4. The fourth-order valence-corrected chi connectivity index (χ4v) is 5.51. The monoisotopic (exact) mass is 392 g/mol. The predicted octanol–water partition coefficient (Wildman–Crippen LogP) is 3.05. The maximum Gasteiger partial charge on any atom is 0.303 e. The van der Waals surface area contributed by atoms with Crippen LogP contribution >= 0.6 is 0 Å². The lowest BCUT2D eigenvalue weighted by Gasteiger charge is -2.34. The number of alkyl halides is 2. The van der Waals surface area contributed by atoms with E-state index in [4.69, 9.17) is 10.1 Å². The Labute approximate surface area is 162 Å². The summed E-state index contributed by atoms with van der Waals surface area (Å²) < 4.78 is 29.1. The van der Waals surface area contributed by atoms with Gasteiger partial charge in [-0.1, -0.05) is 0 Å². The van der Waals surface area contributed by atoms with Crippen LogP contribution in [0.15, 0.2) is 0 Å². The average molecular weight is 392 g/mol. The minimum atomic E-state index is -2.89. The highest BCUT2D eigenvalue weighted by Gasteiger charge is 2.57. The van der Waals surface area contributed by atoms with Gasteiger partial charge in [0, 0.05) is 44.1 Å². The molecule has 2 aliphatic carbocycles. The summed E-state index contributed by atoms with van der Waals surface area (Å²) in [7, 11) is 0. The Morgan fingerprint density at radius 2 is 2.00 bits per heavy atom. The first-order valence-corrected chi connectivity index (χ1v) is 10.4. The third kappa shape index (κ3) is 2.83. The van der Waals surface area contributed by atoms with Crippen molar-refractivity contribution in [3.05, 3.63) is 11.3 Å². The third-order valence-electron chi connectivity index (χ3n) is 7.15. The molecule has 0 bridgehead atoms. The highest BCUT2D eigenvalue weighted by Crippen LogP contribution is 2.55. The van der Waals surface area contributed by atoms with E-state index >= 15 is 0 Å². The maximum atomic E-state index is 14.5. The van der Waals surface area contributed by atoms with Gasteiger partial charge in [-0.2, -0.15) is 13.8 Å². The van der Waals surface area contributed by atoms with E-state index < -0.39 is 11.9 Å². The minimum Gasteiger partial charge on any atom is -0.481 e. The zero-order chi connectivity index (χ0) is 19.6. The first-order chi connectivity index (χ1) is 13.3. The van der Waals surface area contributed by atoms with Crippen LogP contribution in [-0.4, -0.2) is 46.7 Å². The number of aliphatic carboxylic acids is 1. The zero-order valence-electron chi connectivity index (χ0n) is 16.1. The normalized spacial score (nSPS) is 33.0. The molecule has 3 heterocycles. The second-order valence-electron chi connectivity index (χ2n) is 8.91. The van der Waals surface area contributed by atoms with Crippen LogP contribution in [0.3, 0.4) is 0 Å². The van der Waals surface area contributed by atoms with E-state index in [2.05, 4.69) is 21.7 Å². The van der Waals surface area contributed by atoms with Gasteiger partial charge in [-0.3, -0.25) is 4.79 Å². The SMILES string of the molecule is C[C@@H]1CCCCN1c1nc(N2C[C@@H]3C(CC(=O)O)[C@@H]3C2)c2c(n1)C(F)(F)CC2. The number of carboxylic acids is 1. The van der Waals surface area contributed by atoms with Crippen LogP contribution in [0.2, 0.25) is 0 Å². The molecular weight excluding hydrogens is 366 g/mol. The van der Waals surface area contributed by atoms with Gasteiger partial charge in [0.2, 0.25) is 5.95 Å². The molecule has 0 radical (unpaired) electrons. The number of halogens is 2. The van der Waals surface area contributed by atoms with Gasteiger partial charge in [0.25, 0.3) is 5.92 Å². The van der Waals surface area contributed by atoms with Crippen molar-refractivity contribution in [3.63, 3.8) is 0 Å². The standard InChI is InChI=1S/C20H26F2N4O2/c1-11-4-2-3-7-26(11)19-23-17-12(5-6-20(17,21)22)18(24-19)25-9-14-13(8-16(27)28)15(14)10-25/h11,13-15H,2-10H2,1H3,(H,27,28)/t11-,13?,14-,15+/m1/s1. The number of fused-ring (bicyclic) bond motifs is 2. The number of carboxylic acid groups (broad SMARTS) is 1. The summed E-state index contributed by atoms with van der Waals surface area (Å²) in [6.45, 7) is 4.34. The molecule has 8 heteroatoms. The molecule has 4 aliphatic rings. The fourth-order valence-electron chi connectivity index (χ4n) is 5.51. The number of aromatic nitrogens is 2. The molecule has 1 aromatic rings. The number of carbonyl (C=O) groups is 1. The van der Waals surface area contributed by atoms with E-state index in [1.165, 1.54) is 0 Å². The minimum absolute atomic E-state index is 0.0899. The van der Waals surface area contributed by atoms with Gasteiger partial charge in [0.05, 0.1) is 0 Å². The van der Waals surface area contributed by atoms with Crippen LogP contribution in [-0.2, 0) is 17.1 Å². The van der Waals surface area contributed by atoms with Gasteiger partial charge in [0.1, 0.15) is 11.5 Å². The Morgan fingerprint density at radius 3 is 2.68 bits per heavy atom. The van der Waals surface area contributed by atoms with E-state index in [9.17, 15) is 13.6 Å². The topological polar surface area (TPSA) is 69.6 Å². The van der Waals surface area contributed by atoms with Crippen molar-refractivity contribution in [2.24, 2.45) is 17.8 Å². The molecule has 2 saturated heterocycles. The van der Waals surface area contributed by atoms with E-state index in [1.807, 2.05) is 0 Å². The number of hydrogen-bond acceptors (Lipinski definition) is 5. The summed E-state index contributed by atoms with van der Waals surface area (Å²) >= 11 is 0. The molecule has 2 aliphatic heterocycles. The lowest BCUT2D eigenvalue weighted by atomic mass is 10.0. The summed E-state index contributed by atoms with van der Waals surface area (Å²) in [4.78, 5) is 24.3. The molecule has 1 aromatic heterocycles. The van der Waals surface area contributed by atoms with Crippen molar-refractivity contribution in [1.82, 2.24) is 9.97 Å². The molecule has 0 aromatic carbocycles. The summed E-state index contributed by atoms with van der Waals surface area (Å²) in [5.41, 5.74) is 0.502. The molecule has 3 fully saturated rings. The van der Waals surface area contributed by atoms with E-state index in [0.717, 1.165) is 25.8 Å². The first kappa shape index (κ1) is 18.1. The molecule has 1 N–H and O–H groups in total. The van der Waals surface area contributed by atoms with Crippen LogP contribution in [0.1, 0.15) is 50.3 Å². The molecular formula is C20H26F2N4O2. The van der Waals surface area contributed by atoms with Crippen molar-refractivity contribution in [1.29, 1.82) is 0 Å². The van der Waals surface area contributed by atoms with Crippen molar-refractivity contribution in [2.75, 3.05) is 29.4 Å². The molecule has 152 valence electrons. The highest BCUT2D eigenvalue weighted by atomic mass is 19.3. The second-order valence-corrected chi connectivity index (χ2v) is 8.91. The van der Waals surface area contributed by atoms with Crippen LogP contribution in [0, 0.1) is 17.8 Å². The van der Waals surface area contributed by atoms with Crippen LogP contribution in [0.4, 0.5) is 20.5 Å². The lowest BCUT2D eigenvalue weighted by molar-refractivity contribution is -0.137. The predicted molar refractivity (Wildman–Crippen MR) is 99.8 cm³/mol. The summed E-state index contributed by atoms with van der Waals surface area (Å²) in [6.07, 6.45) is 3.51. The van der Waals surface area contributed by atoms with Gasteiger partial charge in [-0.25, -0.2) is 4.98 Å². The Morgan fingerprint density at radius 1 is 1.25 bits per heavy atom. The van der Waals surface area contributed by atoms with E-state index in [1.54, 1.807) is 0 Å². The van der Waals surface area contributed by atoms with Crippen LogP contribution < -0.4 is 9.80 Å². The van der Waals surface area contributed by atoms with Gasteiger partial charge in [-0.15, -0.1) is 0 Å². The summed E-state index contributed by atoms with van der Waals surface area (Å²) in [5.74, 6) is -1.63. The number of piperidine rings is 2. The molecule has 0 spiro atoms. The Balaban J connectivity index is 1.46. The quantitative estimate of drug-likeness (QED) is 0.849. The smallest absolute Gasteiger partial charge is 0.303 e. The van der Waals surface area contributed by atoms with E-state index in [0.29, 0.717) is 48.7 Å². The van der Waals surface area contributed by atoms with E-state index in [-0.39, 0.29) is 30.5 Å². The maximum absolute atomic E-state index is 14.5. The Hall–Kier alpha value is -1.99. The zero-order valence-corrected chi connectivity index (χ0v) is 16.1. The molecule has 1 saturated carbocycles. The average Bonchev–Trinajstić information content (AvgIpc) is 2.99. The van der Waals surface area contributed by atoms with Gasteiger partial charge in [0.15, 0.2) is 0 Å². The van der Waals surface area contributed by atoms with Crippen LogP contribution in [0.25, 0.3) is 0 Å². The Kier molecular flexibility index (Phi) is 4.04. The highest BCUT2D eigenvalue weighted by molar-refractivity contribution is 5.68. The van der Waals surface area contributed by atoms with Crippen molar-refractivity contribution >= 4 is 17.7 Å². The van der Waals surface area contributed by atoms with Crippen LogP contribution in [0.5, 0.6) is 0 Å². The number of anilines is 2. The Bertz CT molecular complexity index is 806. The molecule has 6 nitrogen and oxygen atoms in total. The number of hydrogen-bond donors (Lipinski definition) is 1. The summed E-state index contributed by atoms with van der Waals surface area (Å²) in [5, 5.41) is 9.03. The third-order valence-corrected chi connectivity index (χ3v) is 7.15. The number of nitrogens with zero attached hydrogens (tertiary/aromatic N) is 4. The van der Waals surface area contributed by atoms with Crippen molar-refractivity contribution < 1.29 is 18.7 Å². The van der Waals surface area contributed by atoms with Crippen molar-refractivity contribution in [3.8, 4) is 0 Å².